The van der Waals surface area contributed by atoms with Crippen LogP contribution in [0.25, 0.3) is 11.3 Å². The van der Waals surface area contributed by atoms with E-state index in [2.05, 4.69) is 10.6 Å². The molecular formula is C24H21ClF3N3O3S. The molecule has 3 aromatic rings. The van der Waals surface area contributed by atoms with E-state index in [9.17, 15) is 18.0 Å². The second-order valence-electron chi connectivity index (χ2n) is 7.87. The number of aryl methyl sites for hydroxylation is 1. The number of hydrogen-bond donors (Lipinski definition) is 2. The highest BCUT2D eigenvalue weighted by Crippen LogP contribution is 2.36. The van der Waals surface area contributed by atoms with Crippen LogP contribution in [0.1, 0.15) is 21.7 Å². The molecule has 0 spiro atoms. The molecular weight excluding hydrogens is 503 g/mol. The number of thiocarbonyl (C=S) groups is 1. The van der Waals surface area contributed by atoms with Gasteiger partial charge in [0.1, 0.15) is 5.76 Å². The highest BCUT2D eigenvalue weighted by atomic mass is 35.5. The summed E-state index contributed by atoms with van der Waals surface area (Å²) >= 11 is 11.4. The number of nitrogens with one attached hydrogen (secondary N) is 2. The van der Waals surface area contributed by atoms with Crippen molar-refractivity contribution in [1.82, 2.24) is 5.32 Å². The number of carbonyl (C=O) groups excluding carboxylic acids is 1. The molecule has 1 saturated heterocycles. The third-order valence-electron chi connectivity index (χ3n) is 5.44. The second-order valence-corrected chi connectivity index (χ2v) is 8.68. The minimum Gasteiger partial charge on any atom is -0.451 e. The van der Waals surface area contributed by atoms with Crippen molar-refractivity contribution < 1.29 is 27.1 Å². The summed E-state index contributed by atoms with van der Waals surface area (Å²) in [5, 5.41) is 5.58. The lowest BCUT2D eigenvalue weighted by molar-refractivity contribution is -0.137. The average molecular weight is 524 g/mol. The summed E-state index contributed by atoms with van der Waals surface area (Å²) in [4.78, 5) is 14.5. The topological polar surface area (TPSA) is 66.7 Å². The molecule has 1 aliphatic heterocycles. The summed E-state index contributed by atoms with van der Waals surface area (Å²) in [5.74, 6) is -0.228. The van der Waals surface area contributed by atoms with Crippen LogP contribution in [0.5, 0.6) is 0 Å². The van der Waals surface area contributed by atoms with Gasteiger partial charge in [-0.05, 0) is 61.1 Å². The largest absolute Gasteiger partial charge is 0.451 e. The van der Waals surface area contributed by atoms with E-state index in [0.29, 0.717) is 48.3 Å². The van der Waals surface area contributed by atoms with Crippen molar-refractivity contribution in [3.63, 3.8) is 0 Å². The standard InChI is InChI=1S/C24H21ClF3N3O3S/c1-14-2-3-15(12-17(14)25)20-6-7-21(34-20)22(32)30-23(35)29-18-13-16(24(26,27)28)4-5-19(18)31-8-10-33-11-9-31/h2-7,12-13H,8-11H2,1H3,(H2,29,30,32,35). The van der Waals surface area contributed by atoms with E-state index in [1.54, 1.807) is 12.1 Å². The Morgan fingerprint density at radius 3 is 2.51 bits per heavy atom. The molecule has 0 radical (unpaired) electrons. The Hall–Kier alpha value is -3.08. The van der Waals surface area contributed by atoms with E-state index >= 15 is 0 Å². The number of rotatable bonds is 4. The molecule has 0 unspecified atom stereocenters. The van der Waals surface area contributed by atoms with Gasteiger partial charge in [0.15, 0.2) is 10.9 Å². The summed E-state index contributed by atoms with van der Waals surface area (Å²) < 4.78 is 50.9. The second kappa shape index (κ2) is 10.3. The van der Waals surface area contributed by atoms with Gasteiger partial charge < -0.3 is 19.4 Å². The summed E-state index contributed by atoms with van der Waals surface area (Å²) in [6.45, 7) is 3.80. The van der Waals surface area contributed by atoms with Gasteiger partial charge in [0.2, 0.25) is 0 Å². The Morgan fingerprint density at radius 1 is 1.09 bits per heavy atom. The normalized spacial score (nSPS) is 14.0. The molecule has 1 fully saturated rings. The lowest BCUT2D eigenvalue weighted by Gasteiger charge is -2.31. The van der Waals surface area contributed by atoms with Crippen LogP contribution < -0.4 is 15.5 Å². The van der Waals surface area contributed by atoms with Gasteiger partial charge in [-0.2, -0.15) is 13.2 Å². The Kier molecular flexibility index (Phi) is 7.34. The highest BCUT2D eigenvalue weighted by molar-refractivity contribution is 7.80. The van der Waals surface area contributed by atoms with E-state index < -0.39 is 17.6 Å². The Labute approximate surface area is 210 Å². The first kappa shape index (κ1) is 25.0. The van der Waals surface area contributed by atoms with Gasteiger partial charge in [-0.1, -0.05) is 23.7 Å². The van der Waals surface area contributed by atoms with E-state index in [-0.39, 0.29) is 16.6 Å². The molecule has 0 saturated carbocycles. The lowest BCUT2D eigenvalue weighted by Crippen LogP contribution is -2.38. The van der Waals surface area contributed by atoms with Gasteiger partial charge >= 0.3 is 6.18 Å². The van der Waals surface area contributed by atoms with Crippen LogP contribution in [0.15, 0.2) is 52.9 Å². The number of carbonyl (C=O) groups is 1. The van der Waals surface area contributed by atoms with Crippen LogP contribution in [0, 0.1) is 6.92 Å². The Bertz CT molecular complexity index is 1260. The minimum absolute atomic E-state index is 0.0155. The molecule has 4 rings (SSSR count). The van der Waals surface area contributed by atoms with Crippen molar-refractivity contribution in [3.8, 4) is 11.3 Å². The van der Waals surface area contributed by atoms with Crippen molar-refractivity contribution >= 4 is 46.2 Å². The number of ether oxygens (including phenoxy) is 1. The van der Waals surface area contributed by atoms with Gasteiger partial charge in [-0.15, -0.1) is 0 Å². The van der Waals surface area contributed by atoms with Crippen LogP contribution >= 0.6 is 23.8 Å². The maximum Gasteiger partial charge on any atom is 0.416 e. The van der Waals surface area contributed by atoms with Gasteiger partial charge in [-0.25, -0.2) is 0 Å². The zero-order valence-electron chi connectivity index (χ0n) is 18.5. The first-order valence-corrected chi connectivity index (χ1v) is 11.4. The predicted molar refractivity (Wildman–Crippen MR) is 132 cm³/mol. The van der Waals surface area contributed by atoms with Crippen molar-refractivity contribution in [2.75, 3.05) is 36.5 Å². The summed E-state index contributed by atoms with van der Waals surface area (Å²) in [7, 11) is 0. The molecule has 2 aromatic carbocycles. The molecule has 6 nitrogen and oxygen atoms in total. The minimum atomic E-state index is -4.53. The van der Waals surface area contributed by atoms with E-state index in [0.717, 1.165) is 17.7 Å². The molecule has 35 heavy (non-hydrogen) atoms. The molecule has 0 bridgehead atoms. The number of alkyl halides is 3. The number of furan rings is 1. The van der Waals surface area contributed by atoms with E-state index in [4.69, 9.17) is 33.0 Å². The maximum atomic E-state index is 13.3. The fraction of sp³-hybridized carbons (Fsp3) is 0.250. The van der Waals surface area contributed by atoms with Crippen LogP contribution in [-0.4, -0.2) is 37.3 Å². The monoisotopic (exact) mass is 523 g/mol. The molecule has 0 aliphatic carbocycles. The zero-order valence-corrected chi connectivity index (χ0v) is 20.1. The first-order valence-electron chi connectivity index (χ1n) is 10.6. The van der Waals surface area contributed by atoms with Crippen molar-refractivity contribution in [1.29, 1.82) is 0 Å². The van der Waals surface area contributed by atoms with Crippen LogP contribution in [0.3, 0.4) is 0 Å². The van der Waals surface area contributed by atoms with Gasteiger partial charge in [-0.3, -0.25) is 10.1 Å². The molecule has 1 aromatic heterocycles. The molecule has 0 atom stereocenters. The van der Waals surface area contributed by atoms with Crippen molar-refractivity contribution in [2.45, 2.75) is 13.1 Å². The summed E-state index contributed by atoms with van der Waals surface area (Å²) in [6, 6.07) is 11.8. The number of halogens is 4. The Balaban J connectivity index is 1.50. The third kappa shape index (κ3) is 5.95. The van der Waals surface area contributed by atoms with Crippen molar-refractivity contribution in [3.05, 3.63) is 70.4 Å². The fourth-order valence-electron chi connectivity index (χ4n) is 3.57. The number of benzene rings is 2. The highest BCUT2D eigenvalue weighted by Gasteiger charge is 2.32. The zero-order chi connectivity index (χ0) is 25.2. The molecule has 2 N–H and O–H groups in total. The summed E-state index contributed by atoms with van der Waals surface area (Å²) in [5.41, 5.74) is 1.41. The van der Waals surface area contributed by atoms with Crippen LogP contribution in [0.4, 0.5) is 24.5 Å². The van der Waals surface area contributed by atoms with Crippen LogP contribution in [-0.2, 0) is 10.9 Å². The van der Waals surface area contributed by atoms with Gasteiger partial charge in [0.05, 0.1) is 30.2 Å². The molecule has 1 amide bonds. The quantitative estimate of drug-likeness (QED) is 0.416. The van der Waals surface area contributed by atoms with Crippen LogP contribution in [0.2, 0.25) is 5.02 Å². The predicted octanol–water partition coefficient (Wildman–Crippen LogP) is 5.89. The lowest BCUT2D eigenvalue weighted by atomic mass is 10.1. The SMILES string of the molecule is Cc1ccc(-c2ccc(C(=O)NC(=S)Nc3cc(C(F)(F)F)ccc3N3CCOCC3)o2)cc1Cl. The van der Waals surface area contributed by atoms with Gasteiger partial charge in [0, 0.05) is 23.7 Å². The van der Waals surface area contributed by atoms with E-state index in [1.165, 1.54) is 12.1 Å². The fourth-order valence-corrected chi connectivity index (χ4v) is 3.96. The summed E-state index contributed by atoms with van der Waals surface area (Å²) in [6.07, 6.45) is -4.53. The number of anilines is 2. The molecule has 184 valence electrons. The number of nitrogens with zero attached hydrogens (tertiary/aromatic N) is 1. The smallest absolute Gasteiger partial charge is 0.416 e. The number of amides is 1. The number of hydrogen-bond acceptors (Lipinski definition) is 5. The average Bonchev–Trinajstić information content (AvgIpc) is 3.31. The Morgan fingerprint density at radius 2 is 1.83 bits per heavy atom. The maximum absolute atomic E-state index is 13.3. The number of morpholine rings is 1. The molecule has 2 heterocycles. The van der Waals surface area contributed by atoms with Crippen molar-refractivity contribution in [2.24, 2.45) is 0 Å². The first-order chi connectivity index (χ1) is 16.6. The third-order valence-corrected chi connectivity index (χ3v) is 6.05. The molecule has 11 heteroatoms. The van der Waals surface area contributed by atoms with E-state index in [1.807, 2.05) is 24.0 Å². The molecule has 1 aliphatic rings. The van der Waals surface area contributed by atoms with Gasteiger partial charge in [0.25, 0.3) is 5.91 Å².